The summed E-state index contributed by atoms with van der Waals surface area (Å²) >= 11 is 0. The van der Waals surface area contributed by atoms with Crippen molar-refractivity contribution in [1.29, 1.82) is 0 Å². The first-order valence-electron chi connectivity index (χ1n) is 6.75. The van der Waals surface area contributed by atoms with Crippen LogP contribution in [-0.4, -0.2) is 62.8 Å². The molecule has 8 heteroatoms. The topological polar surface area (TPSA) is 70.2 Å². The predicted octanol–water partition coefficient (Wildman–Crippen LogP) is 1.37. The van der Waals surface area contributed by atoms with Crippen LogP contribution in [0.3, 0.4) is 0 Å². The molecule has 0 atom stereocenters. The van der Waals surface area contributed by atoms with Crippen molar-refractivity contribution in [3.05, 3.63) is 23.1 Å². The fourth-order valence-corrected chi connectivity index (χ4v) is 3.54. The number of sulfonamides is 1. The smallest absolute Gasteiger partial charge is 0.413 e. The van der Waals surface area contributed by atoms with E-state index < -0.39 is 16.1 Å². The van der Waals surface area contributed by atoms with E-state index in [9.17, 15) is 13.2 Å². The maximum atomic E-state index is 12.5. The van der Waals surface area contributed by atoms with Gasteiger partial charge in [0.05, 0.1) is 4.91 Å². The summed E-state index contributed by atoms with van der Waals surface area (Å²) in [5.74, 6) is 0.310. The number of hydrogen-bond donors (Lipinski definition) is 0. The van der Waals surface area contributed by atoms with Crippen LogP contribution in [0.15, 0.2) is 23.1 Å². The summed E-state index contributed by atoms with van der Waals surface area (Å²) in [4.78, 5) is 14.7. The molecule has 0 aromatic heterocycles. The lowest BCUT2D eigenvalue weighted by Crippen LogP contribution is -2.33. The Bertz CT molecular complexity index is 548. The number of amides is 1. The average molecular weight is 317 g/mol. The highest BCUT2D eigenvalue weighted by Gasteiger charge is 2.28. The lowest BCUT2D eigenvalue weighted by Gasteiger charge is -2.26. The first kappa shape index (κ1) is 17.5. The molecule has 7 nitrogen and oxygen atoms in total. The zero-order valence-electron chi connectivity index (χ0n) is 13.2. The number of nitrogens with zero attached hydrogens (tertiary/aromatic N) is 3. The number of hydrogen-bond acceptors (Lipinski definition) is 5. The van der Waals surface area contributed by atoms with Gasteiger partial charge < -0.3 is 14.5 Å². The van der Waals surface area contributed by atoms with E-state index in [0.717, 1.165) is 0 Å². The van der Waals surface area contributed by atoms with Gasteiger partial charge in [0.1, 0.15) is 5.76 Å². The van der Waals surface area contributed by atoms with Crippen LogP contribution in [0.2, 0.25) is 0 Å². The molecule has 0 aromatic carbocycles. The van der Waals surface area contributed by atoms with Gasteiger partial charge in [-0.05, 0) is 0 Å². The highest BCUT2D eigenvalue weighted by Crippen LogP contribution is 2.26. The van der Waals surface area contributed by atoms with Crippen LogP contribution in [0, 0.1) is 0 Å². The highest BCUT2D eigenvalue weighted by atomic mass is 32.2. The third-order valence-corrected chi connectivity index (χ3v) is 5.11. The molecule has 0 saturated carbocycles. The van der Waals surface area contributed by atoms with Crippen LogP contribution in [0.4, 0.5) is 4.79 Å². The van der Waals surface area contributed by atoms with Crippen molar-refractivity contribution < 1.29 is 17.9 Å². The van der Waals surface area contributed by atoms with Gasteiger partial charge in [-0.1, -0.05) is 13.8 Å². The van der Waals surface area contributed by atoms with Gasteiger partial charge in [0, 0.05) is 53.1 Å². The summed E-state index contributed by atoms with van der Waals surface area (Å²) in [5.41, 5.74) is 0. The fourth-order valence-electron chi connectivity index (χ4n) is 1.91. The highest BCUT2D eigenvalue weighted by molar-refractivity contribution is 7.93. The van der Waals surface area contributed by atoms with Crippen molar-refractivity contribution in [3.8, 4) is 0 Å². The van der Waals surface area contributed by atoms with Crippen LogP contribution in [0.25, 0.3) is 0 Å². The van der Waals surface area contributed by atoms with E-state index in [1.54, 1.807) is 52.3 Å². The molecule has 0 bridgehead atoms. The van der Waals surface area contributed by atoms with Crippen molar-refractivity contribution >= 4 is 16.1 Å². The van der Waals surface area contributed by atoms with Crippen molar-refractivity contribution in [2.24, 2.45) is 0 Å². The molecule has 0 N–H and O–H groups in total. The van der Waals surface area contributed by atoms with E-state index in [1.165, 1.54) is 9.21 Å². The minimum absolute atomic E-state index is 0.0722. The third kappa shape index (κ3) is 4.21. The van der Waals surface area contributed by atoms with Gasteiger partial charge >= 0.3 is 6.09 Å². The van der Waals surface area contributed by atoms with E-state index in [2.05, 4.69) is 0 Å². The second-order valence-electron chi connectivity index (χ2n) is 4.88. The molecule has 0 radical (unpaired) electrons. The van der Waals surface area contributed by atoms with Gasteiger partial charge in [0.15, 0.2) is 0 Å². The Morgan fingerprint density at radius 3 is 2.33 bits per heavy atom. The monoisotopic (exact) mass is 317 g/mol. The Labute approximate surface area is 126 Å². The molecular formula is C13H23N3O4S. The average Bonchev–Trinajstić information content (AvgIpc) is 2.38. The van der Waals surface area contributed by atoms with Crippen LogP contribution in [0.5, 0.6) is 0 Å². The van der Waals surface area contributed by atoms with E-state index in [4.69, 9.17) is 4.74 Å². The normalized spacial score (nSPS) is 15.6. The first-order valence-corrected chi connectivity index (χ1v) is 8.19. The molecule has 1 aliphatic heterocycles. The predicted molar refractivity (Wildman–Crippen MR) is 80.6 cm³/mol. The lowest BCUT2D eigenvalue weighted by molar-refractivity contribution is 0.143. The minimum Gasteiger partial charge on any atom is -0.413 e. The maximum absolute atomic E-state index is 12.5. The van der Waals surface area contributed by atoms with E-state index in [-0.39, 0.29) is 11.3 Å². The lowest BCUT2D eigenvalue weighted by atomic mass is 10.3. The molecule has 21 heavy (non-hydrogen) atoms. The summed E-state index contributed by atoms with van der Waals surface area (Å²) in [7, 11) is 1.29. The molecule has 1 rings (SSSR count). The Balaban J connectivity index is 2.96. The number of carbonyl (C=O) groups is 1. The van der Waals surface area contributed by atoms with E-state index >= 15 is 0 Å². The molecule has 120 valence electrons. The van der Waals surface area contributed by atoms with Crippen molar-refractivity contribution in [2.45, 2.75) is 20.3 Å². The largest absolute Gasteiger partial charge is 0.414 e. The third-order valence-electron chi connectivity index (χ3n) is 3.00. The molecule has 0 fully saturated rings. The second kappa shape index (κ2) is 6.95. The fraction of sp³-hybridized carbons (Fsp3) is 0.615. The Kier molecular flexibility index (Phi) is 5.79. The van der Waals surface area contributed by atoms with Gasteiger partial charge in [-0.25, -0.2) is 13.2 Å². The summed E-state index contributed by atoms with van der Waals surface area (Å²) in [6.45, 7) is 4.38. The van der Waals surface area contributed by atoms with Crippen LogP contribution in [-0.2, 0) is 14.8 Å². The molecule has 1 amide bonds. The zero-order valence-corrected chi connectivity index (χ0v) is 14.0. The van der Waals surface area contributed by atoms with Crippen LogP contribution >= 0.6 is 0 Å². The quantitative estimate of drug-likeness (QED) is 0.766. The van der Waals surface area contributed by atoms with Crippen molar-refractivity contribution in [1.82, 2.24) is 14.1 Å². The van der Waals surface area contributed by atoms with Gasteiger partial charge in [-0.3, -0.25) is 0 Å². The number of rotatable bonds is 5. The molecular weight excluding hydrogens is 294 g/mol. The van der Waals surface area contributed by atoms with Crippen molar-refractivity contribution in [2.75, 3.05) is 34.2 Å². The molecule has 0 aliphatic carbocycles. The first-order chi connectivity index (χ1) is 9.72. The molecule has 1 aliphatic rings. The minimum atomic E-state index is -3.54. The molecule has 0 saturated heterocycles. The molecule has 0 spiro atoms. The van der Waals surface area contributed by atoms with Crippen LogP contribution in [0.1, 0.15) is 20.3 Å². The van der Waals surface area contributed by atoms with Crippen LogP contribution < -0.4 is 0 Å². The van der Waals surface area contributed by atoms with E-state index in [1.807, 2.05) is 0 Å². The number of ether oxygens (including phenoxy) is 1. The summed E-state index contributed by atoms with van der Waals surface area (Å²) in [6.07, 6.45) is 2.68. The van der Waals surface area contributed by atoms with Crippen molar-refractivity contribution in [3.63, 3.8) is 0 Å². The number of carbonyl (C=O) groups excluding carboxylic acids is 1. The molecule has 0 unspecified atom stereocenters. The SMILES string of the molecule is CCN(CC)S(=O)(=O)C1=CN(C)C=C(OC(=O)N(C)C)C1. The Hall–Kier alpha value is -1.54. The van der Waals surface area contributed by atoms with Gasteiger partial charge in [0.25, 0.3) is 0 Å². The Morgan fingerprint density at radius 2 is 1.86 bits per heavy atom. The van der Waals surface area contributed by atoms with E-state index in [0.29, 0.717) is 18.8 Å². The van der Waals surface area contributed by atoms with Gasteiger partial charge in [-0.2, -0.15) is 4.31 Å². The molecule has 1 heterocycles. The second-order valence-corrected chi connectivity index (χ2v) is 6.88. The van der Waals surface area contributed by atoms with Gasteiger partial charge in [0.2, 0.25) is 10.0 Å². The standard InChI is InChI=1S/C13H23N3O4S/c1-6-16(7-2)21(18,19)12-8-11(9-15(5)10-12)20-13(17)14(3)4/h9-10H,6-8H2,1-5H3. The number of allylic oxidation sites excluding steroid dienone is 1. The summed E-state index contributed by atoms with van der Waals surface area (Å²) < 4.78 is 31.6. The molecule has 0 aromatic rings. The summed E-state index contributed by atoms with van der Waals surface area (Å²) in [6, 6.07) is 0. The summed E-state index contributed by atoms with van der Waals surface area (Å²) in [5, 5.41) is 0. The zero-order chi connectivity index (χ0) is 16.2. The maximum Gasteiger partial charge on any atom is 0.414 e. The Morgan fingerprint density at radius 1 is 1.29 bits per heavy atom. The van der Waals surface area contributed by atoms with Gasteiger partial charge in [-0.15, -0.1) is 0 Å².